The first-order chi connectivity index (χ1) is 31.9. The van der Waals surface area contributed by atoms with E-state index in [0.717, 1.165) is 60.7 Å². The third-order valence-electron chi connectivity index (χ3n) is 8.76. The average molecular weight is 1060 g/mol. The van der Waals surface area contributed by atoms with Crippen molar-refractivity contribution >= 4 is 59.1 Å². The molecule has 0 atom stereocenters. The maximum atomic E-state index is 13.9. The van der Waals surface area contributed by atoms with Crippen molar-refractivity contribution in [2.75, 3.05) is 19.9 Å². The number of nitrogens with zero attached hydrogens (tertiary/aromatic N) is 1. The summed E-state index contributed by atoms with van der Waals surface area (Å²) in [5, 5.41) is 34.8. The number of hydrogen-bond acceptors (Lipinski definition) is 10. The summed E-state index contributed by atoms with van der Waals surface area (Å²) in [6.07, 6.45) is -13.9. The standard InChI is InChI=1S/C13H9F4N3O4S.C13H11F4N3O2S.C13H11F3N2O3S/c14-10-5-7(2-4-11(10)19-25(18,23)24)8-1-3-9(13(15,16)17)12(6-8)20(21)22;14-10-5-7(2-4-12(10)20-23(19,21)22)8-1-3-9(11(18)6-8)13(15,16)17;14-13(15,16)10-4-1-8(2-5-10)9-3-6-11(12(19)7-9)18-22(17,20)21/h1-6,19H,(H2,18,23,24);1-6,20H,18H2,(H2,19,21,22);1-7,18-19H,(H2,17,20,21). The van der Waals surface area contributed by atoms with Crippen molar-refractivity contribution < 1.29 is 83.6 Å². The van der Waals surface area contributed by atoms with Gasteiger partial charge in [0.25, 0.3) is 36.3 Å². The second-order valence-corrected chi connectivity index (χ2v) is 17.8. The van der Waals surface area contributed by atoms with E-state index in [-0.39, 0.29) is 33.6 Å². The molecular formula is C39H31F11N8O9S3. The van der Waals surface area contributed by atoms with Crippen LogP contribution in [0.2, 0.25) is 0 Å². The van der Waals surface area contributed by atoms with E-state index < -0.39 is 105 Å². The zero-order chi connectivity index (χ0) is 52.9. The Morgan fingerprint density at radius 3 is 1.17 bits per heavy atom. The van der Waals surface area contributed by atoms with Gasteiger partial charge < -0.3 is 10.8 Å². The third-order valence-corrected chi connectivity index (χ3v) is 10.3. The molecule has 0 spiro atoms. The first-order valence-corrected chi connectivity index (χ1v) is 22.9. The number of nitrogen functional groups attached to an aromatic ring is 1. The van der Waals surface area contributed by atoms with Crippen LogP contribution in [-0.4, -0.2) is 35.3 Å². The predicted molar refractivity (Wildman–Crippen MR) is 233 cm³/mol. The number of alkyl halides is 9. The first kappa shape index (κ1) is 55.3. The number of benzene rings is 6. The molecule has 6 aromatic rings. The number of nitro benzene ring substituents is 1. The van der Waals surface area contributed by atoms with Gasteiger partial charge in [-0.3, -0.25) is 24.3 Å². The molecule has 0 bridgehead atoms. The molecule has 0 aliphatic rings. The highest BCUT2D eigenvalue weighted by molar-refractivity contribution is 7.91. The zero-order valence-electron chi connectivity index (χ0n) is 34.3. The molecule has 12 N–H and O–H groups in total. The van der Waals surface area contributed by atoms with E-state index in [1.54, 1.807) is 9.44 Å². The SMILES string of the molecule is NS(=O)(=O)Nc1ccc(-c2ccc(C(F)(F)F)c([N+](=O)[O-])c2)cc1F.NS(=O)(=O)Nc1ccc(-c2ccc(C(F)(F)F)cc2)cc1O.Nc1cc(-c2ccc(NS(N)(=O)=O)c(F)c2)ccc1C(F)(F)F. The van der Waals surface area contributed by atoms with Crippen molar-refractivity contribution in [2.45, 2.75) is 18.5 Å². The largest absolute Gasteiger partial charge is 0.506 e. The van der Waals surface area contributed by atoms with E-state index in [4.69, 9.17) is 21.2 Å². The molecule has 0 amide bonds. The van der Waals surface area contributed by atoms with Crippen LogP contribution >= 0.6 is 0 Å². The Morgan fingerprint density at radius 2 is 0.814 bits per heavy atom. The molecule has 6 rings (SSSR count). The smallest absolute Gasteiger partial charge is 0.422 e. The van der Waals surface area contributed by atoms with E-state index in [2.05, 4.69) is 0 Å². The van der Waals surface area contributed by atoms with Crippen LogP contribution in [0.3, 0.4) is 0 Å². The highest BCUT2D eigenvalue weighted by Gasteiger charge is 2.38. The lowest BCUT2D eigenvalue weighted by Crippen LogP contribution is -2.22. The number of aromatic hydroxyl groups is 1. The van der Waals surface area contributed by atoms with Gasteiger partial charge >= 0.3 is 18.5 Å². The molecule has 31 heteroatoms. The van der Waals surface area contributed by atoms with Gasteiger partial charge in [-0.15, -0.1) is 0 Å². The third kappa shape index (κ3) is 15.9. The van der Waals surface area contributed by atoms with Crippen molar-refractivity contribution in [2.24, 2.45) is 15.4 Å². The van der Waals surface area contributed by atoms with E-state index in [1.807, 2.05) is 4.72 Å². The first-order valence-electron chi connectivity index (χ1n) is 18.3. The van der Waals surface area contributed by atoms with Crippen molar-refractivity contribution in [1.29, 1.82) is 0 Å². The second-order valence-electron chi connectivity index (χ2n) is 13.9. The minimum absolute atomic E-state index is 0.00861. The van der Waals surface area contributed by atoms with Gasteiger partial charge in [0, 0.05) is 11.8 Å². The molecule has 70 heavy (non-hydrogen) atoms. The van der Waals surface area contributed by atoms with Gasteiger partial charge in [-0.05, 0) is 100 Å². The molecule has 6 aromatic carbocycles. The molecule has 0 aliphatic carbocycles. The van der Waals surface area contributed by atoms with Crippen LogP contribution in [0, 0.1) is 21.7 Å². The minimum atomic E-state index is -4.92. The Kier molecular flexibility index (Phi) is 16.4. The molecule has 376 valence electrons. The molecule has 0 aromatic heterocycles. The molecule has 0 saturated carbocycles. The summed E-state index contributed by atoms with van der Waals surface area (Å²) in [5.74, 6) is -2.39. The Bertz CT molecular complexity index is 3270. The summed E-state index contributed by atoms with van der Waals surface area (Å²) in [7, 11) is -12.4. The van der Waals surface area contributed by atoms with E-state index in [1.165, 1.54) is 42.5 Å². The van der Waals surface area contributed by atoms with E-state index in [0.29, 0.717) is 23.3 Å². The Morgan fingerprint density at radius 1 is 0.471 bits per heavy atom. The maximum Gasteiger partial charge on any atom is 0.422 e. The van der Waals surface area contributed by atoms with Crippen molar-refractivity contribution in [3.05, 3.63) is 154 Å². The number of halogens is 11. The minimum Gasteiger partial charge on any atom is -0.506 e. The topological polar surface area (TPSA) is 306 Å². The molecule has 0 fully saturated rings. The molecule has 0 aliphatic heterocycles. The average Bonchev–Trinajstić information content (AvgIpc) is 3.21. The van der Waals surface area contributed by atoms with Gasteiger partial charge in [-0.25, -0.2) is 24.2 Å². The summed E-state index contributed by atoms with van der Waals surface area (Å²) in [6, 6.07) is 19.7. The lowest BCUT2D eigenvalue weighted by Gasteiger charge is -2.12. The van der Waals surface area contributed by atoms with Crippen LogP contribution in [0.1, 0.15) is 16.7 Å². The molecule has 0 radical (unpaired) electrons. The summed E-state index contributed by atoms with van der Waals surface area (Å²) in [5.41, 5.74) is 0.780. The summed E-state index contributed by atoms with van der Waals surface area (Å²) >= 11 is 0. The number of hydrogen-bond donors (Lipinski definition) is 8. The van der Waals surface area contributed by atoms with Crippen LogP contribution in [0.15, 0.2) is 115 Å². The fraction of sp³-hybridized carbons (Fsp3) is 0.0769. The van der Waals surface area contributed by atoms with Gasteiger partial charge in [0.15, 0.2) is 0 Å². The fourth-order valence-corrected chi connectivity index (χ4v) is 7.19. The lowest BCUT2D eigenvalue weighted by atomic mass is 10.0. The summed E-state index contributed by atoms with van der Waals surface area (Å²) < 4.78 is 212. The Labute approximate surface area is 388 Å². The van der Waals surface area contributed by atoms with Gasteiger partial charge in [0.1, 0.15) is 22.9 Å². The van der Waals surface area contributed by atoms with E-state index >= 15 is 0 Å². The lowest BCUT2D eigenvalue weighted by molar-refractivity contribution is -0.388. The normalized spacial score (nSPS) is 12.1. The van der Waals surface area contributed by atoms with Crippen molar-refractivity contribution in [3.8, 4) is 39.1 Å². The quantitative estimate of drug-likeness (QED) is 0.0213. The number of nitrogens with one attached hydrogen (secondary N) is 3. The van der Waals surface area contributed by atoms with E-state index in [9.17, 15) is 88.8 Å². The number of nitrogens with two attached hydrogens (primary N) is 4. The molecule has 0 unspecified atom stereocenters. The van der Waals surface area contributed by atoms with Crippen molar-refractivity contribution in [3.63, 3.8) is 0 Å². The van der Waals surface area contributed by atoms with Crippen molar-refractivity contribution in [1.82, 2.24) is 0 Å². The number of phenolic OH excluding ortho intramolecular Hbond substituents is 1. The number of anilines is 4. The molecule has 17 nitrogen and oxygen atoms in total. The van der Waals surface area contributed by atoms with Crippen LogP contribution < -0.4 is 35.3 Å². The maximum absolute atomic E-state index is 13.9. The van der Waals surface area contributed by atoms with Gasteiger partial charge in [-0.1, -0.05) is 42.5 Å². The molecular weight excluding hydrogens is 1030 g/mol. The summed E-state index contributed by atoms with van der Waals surface area (Å²) in [4.78, 5) is 9.68. The Hall–Kier alpha value is -7.32. The van der Waals surface area contributed by atoms with Gasteiger partial charge in [0.2, 0.25) is 0 Å². The molecule has 0 heterocycles. The molecule has 0 saturated heterocycles. The number of phenols is 1. The van der Waals surface area contributed by atoms with Gasteiger partial charge in [-0.2, -0.15) is 64.8 Å². The van der Waals surface area contributed by atoms with Crippen LogP contribution in [0.4, 0.5) is 76.7 Å². The summed E-state index contributed by atoms with van der Waals surface area (Å²) in [6.45, 7) is 0. The zero-order valence-corrected chi connectivity index (χ0v) is 36.8. The highest BCUT2D eigenvalue weighted by Crippen LogP contribution is 2.40. The predicted octanol–water partition coefficient (Wildman–Crippen LogP) is 8.44. The fourth-order valence-electron chi connectivity index (χ4n) is 5.77. The van der Waals surface area contributed by atoms with Crippen LogP contribution in [0.25, 0.3) is 33.4 Å². The number of rotatable bonds is 10. The second kappa shape index (κ2) is 20.7. The van der Waals surface area contributed by atoms with Crippen LogP contribution in [-0.2, 0) is 49.2 Å². The monoisotopic (exact) mass is 1060 g/mol. The highest BCUT2D eigenvalue weighted by atomic mass is 32.2. The number of nitro groups is 1. The van der Waals surface area contributed by atoms with Crippen LogP contribution in [0.5, 0.6) is 5.75 Å². The Balaban J connectivity index is 0.000000229. The van der Waals surface area contributed by atoms with Gasteiger partial charge in [0.05, 0.1) is 33.1 Å².